The molecule has 0 radical (unpaired) electrons. The maximum atomic E-state index is 8.47. The molecule has 0 saturated heterocycles. The summed E-state index contributed by atoms with van der Waals surface area (Å²) in [6.07, 6.45) is 0. The predicted octanol–water partition coefficient (Wildman–Crippen LogP) is 2.70. The average molecular weight is 238 g/mol. The SMILES string of the molecule is Cc1ccc(C)c(-c2ccc(NCC#N)nn2)c1. The van der Waals surface area contributed by atoms with Crippen molar-refractivity contribution in [2.24, 2.45) is 0 Å². The number of hydrogen-bond donors (Lipinski definition) is 1. The van der Waals surface area contributed by atoms with Crippen molar-refractivity contribution >= 4 is 5.82 Å². The van der Waals surface area contributed by atoms with E-state index in [1.807, 2.05) is 18.2 Å². The molecule has 1 N–H and O–H groups in total. The standard InChI is InChI=1S/C14H14N4/c1-10-3-4-11(2)12(9-10)13-5-6-14(18-17-13)16-8-7-15/h3-6,9H,8H2,1-2H3,(H,16,18). The molecule has 0 atom stereocenters. The number of nitriles is 1. The van der Waals surface area contributed by atoms with Crippen molar-refractivity contribution in [2.75, 3.05) is 11.9 Å². The van der Waals surface area contributed by atoms with E-state index in [1.54, 1.807) is 0 Å². The van der Waals surface area contributed by atoms with Gasteiger partial charge in [-0.2, -0.15) is 5.26 Å². The molecule has 90 valence electrons. The largest absolute Gasteiger partial charge is 0.356 e. The molecule has 0 aliphatic rings. The van der Waals surface area contributed by atoms with E-state index in [4.69, 9.17) is 5.26 Å². The highest BCUT2D eigenvalue weighted by atomic mass is 15.2. The third-order valence-electron chi connectivity index (χ3n) is 2.68. The molecule has 0 amide bonds. The van der Waals surface area contributed by atoms with Crippen molar-refractivity contribution in [3.05, 3.63) is 41.5 Å². The smallest absolute Gasteiger partial charge is 0.149 e. The molecule has 0 fully saturated rings. The third kappa shape index (κ3) is 2.64. The van der Waals surface area contributed by atoms with Gasteiger partial charge in [0.15, 0.2) is 0 Å². The van der Waals surface area contributed by atoms with Crippen LogP contribution in [0.5, 0.6) is 0 Å². The van der Waals surface area contributed by atoms with Crippen LogP contribution in [0.15, 0.2) is 30.3 Å². The fraction of sp³-hybridized carbons (Fsp3) is 0.214. The van der Waals surface area contributed by atoms with Gasteiger partial charge in [-0.05, 0) is 37.6 Å². The van der Waals surface area contributed by atoms with Crippen LogP contribution in [0, 0.1) is 25.2 Å². The second-order valence-corrected chi connectivity index (χ2v) is 4.13. The first kappa shape index (κ1) is 12.1. The zero-order valence-corrected chi connectivity index (χ0v) is 10.4. The molecule has 0 bridgehead atoms. The Kier molecular flexibility index (Phi) is 3.54. The van der Waals surface area contributed by atoms with Gasteiger partial charge in [-0.25, -0.2) is 0 Å². The molecule has 2 aromatic rings. The number of benzene rings is 1. The van der Waals surface area contributed by atoms with Gasteiger partial charge in [-0.15, -0.1) is 10.2 Å². The molecule has 1 heterocycles. The molecule has 0 saturated carbocycles. The number of anilines is 1. The van der Waals surface area contributed by atoms with Gasteiger partial charge in [-0.1, -0.05) is 17.7 Å². The summed E-state index contributed by atoms with van der Waals surface area (Å²) >= 11 is 0. The van der Waals surface area contributed by atoms with Crippen molar-refractivity contribution in [2.45, 2.75) is 13.8 Å². The Labute approximate surface area is 106 Å². The Hall–Kier alpha value is -2.41. The maximum Gasteiger partial charge on any atom is 0.149 e. The molecule has 0 aliphatic carbocycles. The van der Waals surface area contributed by atoms with Gasteiger partial charge in [-0.3, -0.25) is 0 Å². The lowest BCUT2D eigenvalue weighted by Crippen LogP contribution is -2.02. The Morgan fingerprint density at radius 1 is 1.17 bits per heavy atom. The predicted molar refractivity (Wildman–Crippen MR) is 71.0 cm³/mol. The van der Waals surface area contributed by atoms with Crippen LogP contribution in [0.25, 0.3) is 11.3 Å². The van der Waals surface area contributed by atoms with E-state index in [0.29, 0.717) is 5.82 Å². The fourth-order valence-corrected chi connectivity index (χ4v) is 1.71. The van der Waals surface area contributed by atoms with E-state index < -0.39 is 0 Å². The molecule has 0 spiro atoms. The molecule has 1 aromatic heterocycles. The van der Waals surface area contributed by atoms with E-state index in [0.717, 1.165) is 11.3 Å². The Morgan fingerprint density at radius 2 is 2.00 bits per heavy atom. The van der Waals surface area contributed by atoms with Crippen LogP contribution in [0.2, 0.25) is 0 Å². The lowest BCUT2D eigenvalue weighted by molar-refractivity contribution is 1.03. The molecular formula is C14H14N4. The zero-order chi connectivity index (χ0) is 13.0. The molecule has 0 aliphatic heterocycles. The highest BCUT2D eigenvalue weighted by Crippen LogP contribution is 2.22. The molecule has 2 rings (SSSR count). The summed E-state index contributed by atoms with van der Waals surface area (Å²) in [4.78, 5) is 0. The van der Waals surface area contributed by atoms with Crippen molar-refractivity contribution in [3.63, 3.8) is 0 Å². The third-order valence-corrected chi connectivity index (χ3v) is 2.68. The van der Waals surface area contributed by atoms with E-state index in [9.17, 15) is 0 Å². The number of hydrogen-bond acceptors (Lipinski definition) is 4. The highest BCUT2D eigenvalue weighted by Gasteiger charge is 2.04. The number of nitrogens with one attached hydrogen (secondary N) is 1. The van der Waals surface area contributed by atoms with Gasteiger partial charge in [0.1, 0.15) is 12.4 Å². The van der Waals surface area contributed by atoms with Crippen molar-refractivity contribution in [3.8, 4) is 17.3 Å². The Bertz CT molecular complexity index is 582. The first-order chi connectivity index (χ1) is 8.70. The minimum Gasteiger partial charge on any atom is -0.356 e. The Balaban J connectivity index is 2.29. The number of aromatic nitrogens is 2. The molecule has 1 aromatic carbocycles. The topological polar surface area (TPSA) is 61.6 Å². The summed E-state index contributed by atoms with van der Waals surface area (Å²) in [5, 5.41) is 19.6. The summed E-state index contributed by atoms with van der Waals surface area (Å²) in [5.74, 6) is 0.616. The van der Waals surface area contributed by atoms with Gasteiger partial charge in [0.2, 0.25) is 0 Å². The van der Waals surface area contributed by atoms with Gasteiger partial charge < -0.3 is 5.32 Å². The van der Waals surface area contributed by atoms with Crippen LogP contribution in [-0.4, -0.2) is 16.7 Å². The molecule has 0 unspecified atom stereocenters. The summed E-state index contributed by atoms with van der Waals surface area (Å²) < 4.78 is 0. The quantitative estimate of drug-likeness (QED) is 0.835. The second-order valence-electron chi connectivity index (χ2n) is 4.13. The van der Waals surface area contributed by atoms with E-state index >= 15 is 0 Å². The first-order valence-electron chi connectivity index (χ1n) is 5.73. The van der Waals surface area contributed by atoms with Gasteiger partial charge >= 0.3 is 0 Å². The van der Waals surface area contributed by atoms with Crippen LogP contribution in [0.3, 0.4) is 0 Å². The molecule has 4 nitrogen and oxygen atoms in total. The molecule has 4 heteroatoms. The van der Waals surface area contributed by atoms with Gasteiger partial charge in [0, 0.05) is 5.56 Å². The highest BCUT2D eigenvalue weighted by molar-refractivity contribution is 5.64. The van der Waals surface area contributed by atoms with Crippen LogP contribution >= 0.6 is 0 Å². The van der Waals surface area contributed by atoms with Gasteiger partial charge in [0.05, 0.1) is 11.8 Å². The number of nitrogens with zero attached hydrogens (tertiary/aromatic N) is 3. The fourth-order valence-electron chi connectivity index (χ4n) is 1.71. The number of aryl methyl sites for hydroxylation is 2. The first-order valence-corrected chi connectivity index (χ1v) is 5.73. The number of rotatable bonds is 3. The van der Waals surface area contributed by atoms with Crippen molar-refractivity contribution < 1.29 is 0 Å². The van der Waals surface area contributed by atoms with E-state index in [1.165, 1.54) is 11.1 Å². The Morgan fingerprint density at radius 3 is 2.67 bits per heavy atom. The summed E-state index contributed by atoms with van der Waals surface area (Å²) in [7, 11) is 0. The molecule has 18 heavy (non-hydrogen) atoms. The van der Waals surface area contributed by atoms with Crippen LogP contribution < -0.4 is 5.32 Å². The van der Waals surface area contributed by atoms with Crippen LogP contribution in [0.1, 0.15) is 11.1 Å². The van der Waals surface area contributed by atoms with Crippen LogP contribution in [0.4, 0.5) is 5.82 Å². The van der Waals surface area contributed by atoms with E-state index in [-0.39, 0.29) is 6.54 Å². The lowest BCUT2D eigenvalue weighted by Gasteiger charge is -2.06. The maximum absolute atomic E-state index is 8.47. The molecular weight excluding hydrogens is 224 g/mol. The second kappa shape index (κ2) is 5.28. The summed E-state index contributed by atoms with van der Waals surface area (Å²) in [5.41, 5.74) is 4.31. The van der Waals surface area contributed by atoms with Crippen LogP contribution in [-0.2, 0) is 0 Å². The lowest BCUT2D eigenvalue weighted by atomic mass is 10.0. The zero-order valence-electron chi connectivity index (χ0n) is 10.4. The normalized spacial score (nSPS) is 9.83. The minimum atomic E-state index is 0.234. The minimum absolute atomic E-state index is 0.234. The van der Waals surface area contributed by atoms with Crippen molar-refractivity contribution in [1.29, 1.82) is 5.26 Å². The van der Waals surface area contributed by atoms with E-state index in [2.05, 4.69) is 47.6 Å². The summed E-state index contributed by atoms with van der Waals surface area (Å²) in [6, 6.07) is 12.0. The van der Waals surface area contributed by atoms with Crippen molar-refractivity contribution in [1.82, 2.24) is 10.2 Å². The average Bonchev–Trinajstić information content (AvgIpc) is 2.40. The monoisotopic (exact) mass is 238 g/mol. The summed E-state index contributed by atoms with van der Waals surface area (Å²) in [6.45, 7) is 4.34. The van der Waals surface area contributed by atoms with Gasteiger partial charge in [0.25, 0.3) is 0 Å².